The minimum atomic E-state index is -4.14. The molecule has 1 rings (SSSR count). The Labute approximate surface area is 124 Å². The first kappa shape index (κ1) is 17.8. The lowest BCUT2D eigenvalue weighted by Crippen LogP contribution is -2.32. The average molecular weight is 315 g/mol. The molecule has 0 saturated heterocycles. The highest BCUT2D eigenvalue weighted by molar-refractivity contribution is 7.51. The summed E-state index contributed by atoms with van der Waals surface area (Å²) in [5.41, 5.74) is 1.02. The fraction of sp³-hybridized carbons (Fsp3) is 0.571. The Morgan fingerprint density at radius 3 is 2.14 bits per heavy atom. The standard InChI is InChI=1S/C14H22NO5P/c1-8(2)10-7-11(16)13(12(9(3)4)14(10)17)15-5-6-21(18,19)20/h7-9,15H,5-6H2,1-4H3,(H2,18,19,20). The van der Waals surface area contributed by atoms with E-state index in [1.807, 2.05) is 27.7 Å². The Morgan fingerprint density at radius 1 is 1.14 bits per heavy atom. The summed E-state index contributed by atoms with van der Waals surface area (Å²) >= 11 is 0. The molecular weight excluding hydrogens is 293 g/mol. The Hall–Kier alpha value is -1.23. The zero-order chi connectivity index (χ0) is 16.4. The van der Waals surface area contributed by atoms with Crippen molar-refractivity contribution in [3.05, 3.63) is 22.9 Å². The third-order valence-corrected chi connectivity index (χ3v) is 4.02. The van der Waals surface area contributed by atoms with Gasteiger partial charge in [-0.25, -0.2) is 0 Å². The molecule has 6 nitrogen and oxygen atoms in total. The molecule has 1 aliphatic carbocycles. The number of carbonyl (C=O) groups excluding carboxylic acids is 2. The van der Waals surface area contributed by atoms with Crippen LogP contribution in [0.15, 0.2) is 22.9 Å². The van der Waals surface area contributed by atoms with E-state index in [1.165, 1.54) is 6.08 Å². The van der Waals surface area contributed by atoms with Crippen LogP contribution < -0.4 is 5.32 Å². The maximum absolute atomic E-state index is 12.5. The van der Waals surface area contributed by atoms with Gasteiger partial charge in [-0.3, -0.25) is 14.2 Å². The van der Waals surface area contributed by atoms with Crippen LogP contribution in [0.2, 0.25) is 0 Å². The third kappa shape index (κ3) is 4.63. The highest BCUT2D eigenvalue weighted by Gasteiger charge is 2.31. The van der Waals surface area contributed by atoms with E-state index in [2.05, 4.69) is 5.32 Å². The number of ketones is 2. The number of nitrogens with one attached hydrogen (secondary N) is 1. The SMILES string of the molecule is CC(C)C1=CC(=O)C(NCCP(=O)(O)O)=C(C(C)C)C1=O. The largest absolute Gasteiger partial charge is 0.381 e. The summed E-state index contributed by atoms with van der Waals surface area (Å²) in [7, 11) is -4.14. The molecule has 118 valence electrons. The smallest absolute Gasteiger partial charge is 0.327 e. The van der Waals surface area contributed by atoms with Gasteiger partial charge in [0.2, 0.25) is 5.78 Å². The van der Waals surface area contributed by atoms with Crippen LogP contribution in [0.3, 0.4) is 0 Å². The highest BCUT2D eigenvalue weighted by Crippen LogP contribution is 2.33. The van der Waals surface area contributed by atoms with Gasteiger partial charge in [0.25, 0.3) is 0 Å². The zero-order valence-electron chi connectivity index (χ0n) is 12.7. The van der Waals surface area contributed by atoms with Gasteiger partial charge in [0, 0.05) is 17.7 Å². The molecule has 0 bridgehead atoms. The summed E-state index contributed by atoms with van der Waals surface area (Å²) in [4.78, 5) is 42.3. The molecule has 0 radical (unpaired) electrons. The van der Waals surface area contributed by atoms with Crippen LogP contribution in [0.4, 0.5) is 0 Å². The van der Waals surface area contributed by atoms with E-state index >= 15 is 0 Å². The van der Waals surface area contributed by atoms with E-state index in [4.69, 9.17) is 9.79 Å². The van der Waals surface area contributed by atoms with E-state index < -0.39 is 7.60 Å². The second-order valence-electron chi connectivity index (χ2n) is 5.71. The van der Waals surface area contributed by atoms with Crippen LogP contribution >= 0.6 is 7.60 Å². The van der Waals surface area contributed by atoms with Gasteiger partial charge in [-0.1, -0.05) is 27.7 Å². The van der Waals surface area contributed by atoms with Crippen LogP contribution in [-0.2, 0) is 14.2 Å². The van der Waals surface area contributed by atoms with Gasteiger partial charge in [0.15, 0.2) is 5.78 Å². The first-order chi connectivity index (χ1) is 9.54. The lowest BCUT2D eigenvalue weighted by atomic mass is 9.82. The molecule has 0 aromatic rings. The Balaban J connectivity index is 3.05. The summed E-state index contributed by atoms with van der Waals surface area (Å²) in [6.45, 7) is 7.27. The number of hydrogen-bond donors (Lipinski definition) is 3. The summed E-state index contributed by atoms with van der Waals surface area (Å²) in [5, 5.41) is 2.72. The van der Waals surface area contributed by atoms with Crippen molar-refractivity contribution >= 4 is 19.2 Å². The van der Waals surface area contributed by atoms with Crippen molar-refractivity contribution in [1.82, 2.24) is 5.32 Å². The molecule has 0 saturated carbocycles. The lowest BCUT2D eigenvalue weighted by molar-refractivity contribution is -0.116. The van der Waals surface area contributed by atoms with Crippen molar-refractivity contribution in [2.75, 3.05) is 12.7 Å². The summed E-state index contributed by atoms with van der Waals surface area (Å²) in [5.74, 6) is -0.681. The average Bonchev–Trinajstić information content (AvgIpc) is 2.30. The first-order valence-corrected chi connectivity index (χ1v) is 8.67. The van der Waals surface area contributed by atoms with Crippen LogP contribution in [0.25, 0.3) is 0 Å². The molecule has 0 fully saturated rings. The first-order valence-electron chi connectivity index (χ1n) is 6.87. The zero-order valence-corrected chi connectivity index (χ0v) is 13.6. The molecule has 0 heterocycles. The van der Waals surface area contributed by atoms with Crippen molar-refractivity contribution in [3.8, 4) is 0 Å². The Kier molecular flexibility index (Phi) is 5.68. The predicted molar refractivity (Wildman–Crippen MR) is 79.7 cm³/mol. The molecule has 0 spiro atoms. The molecule has 7 heteroatoms. The van der Waals surface area contributed by atoms with Crippen molar-refractivity contribution in [2.45, 2.75) is 27.7 Å². The number of hydrogen-bond acceptors (Lipinski definition) is 4. The fourth-order valence-corrected chi connectivity index (χ4v) is 2.57. The monoisotopic (exact) mass is 315 g/mol. The van der Waals surface area contributed by atoms with Gasteiger partial charge in [-0.15, -0.1) is 0 Å². The maximum atomic E-state index is 12.5. The van der Waals surface area contributed by atoms with Gasteiger partial charge in [0.1, 0.15) is 0 Å². The van der Waals surface area contributed by atoms with Gasteiger partial charge in [-0.05, 0) is 17.9 Å². The molecule has 0 atom stereocenters. The summed E-state index contributed by atoms with van der Waals surface area (Å²) < 4.78 is 10.9. The summed E-state index contributed by atoms with van der Waals surface area (Å²) in [6, 6.07) is 0. The second kappa shape index (κ2) is 6.69. The lowest BCUT2D eigenvalue weighted by Gasteiger charge is -2.24. The molecule has 3 N–H and O–H groups in total. The van der Waals surface area contributed by atoms with Gasteiger partial charge < -0.3 is 15.1 Å². The second-order valence-corrected chi connectivity index (χ2v) is 7.48. The molecule has 1 aliphatic rings. The normalized spacial score (nSPS) is 16.9. The molecule has 21 heavy (non-hydrogen) atoms. The van der Waals surface area contributed by atoms with Gasteiger partial charge >= 0.3 is 7.60 Å². The molecular formula is C14H22NO5P. The minimum Gasteiger partial charge on any atom is -0.381 e. The topological polar surface area (TPSA) is 104 Å². The van der Waals surface area contributed by atoms with E-state index in [0.717, 1.165) is 0 Å². The van der Waals surface area contributed by atoms with Crippen LogP contribution in [0.1, 0.15) is 27.7 Å². The van der Waals surface area contributed by atoms with E-state index in [1.54, 1.807) is 0 Å². The van der Waals surface area contributed by atoms with Crippen LogP contribution in [0.5, 0.6) is 0 Å². The minimum absolute atomic E-state index is 0.0492. The van der Waals surface area contributed by atoms with Crippen molar-refractivity contribution < 1.29 is 23.9 Å². The van der Waals surface area contributed by atoms with Crippen LogP contribution in [-0.4, -0.2) is 34.1 Å². The fourth-order valence-electron chi connectivity index (χ4n) is 2.17. The quantitative estimate of drug-likeness (QED) is 0.505. The predicted octanol–water partition coefficient (Wildman–Crippen LogP) is 1.40. The molecule has 0 aromatic heterocycles. The third-order valence-electron chi connectivity index (χ3n) is 3.21. The number of Topliss-reactive ketones (excluding diaryl/α,β-unsaturated/α-hetero) is 1. The van der Waals surface area contributed by atoms with Gasteiger partial charge in [-0.2, -0.15) is 0 Å². The molecule has 0 aromatic carbocycles. The molecule has 0 amide bonds. The molecule has 0 aliphatic heterocycles. The van der Waals surface area contributed by atoms with E-state index in [9.17, 15) is 14.2 Å². The Bertz CT molecular complexity index is 554. The highest BCUT2D eigenvalue weighted by atomic mass is 31.2. The number of allylic oxidation sites excluding steroid dienone is 3. The van der Waals surface area contributed by atoms with Crippen LogP contribution in [0, 0.1) is 11.8 Å². The Morgan fingerprint density at radius 2 is 1.71 bits per heavy atom. The van der Waals surface area contributed by atoms with Crippen molar-refractivity contribution in [2.24, 2.45) is 11.8 Å². The number of carbonyl (C=O) groups is 2. The van der Waals surface area contributed by atoms with Crippen molar-refractivity contribution in [3.63, 3.8) is 0 Å². The van der Waals surface area contributed by atoms with E-state index in [0.29, 0.717) is 11.1 Å². The number of rotatable bonds is 6. The van der Waals surface area contributed by atoms with E-state index in [-0.39, 0.29) is 41.8 Å². The molecule has 0 unspecified atom stereocenters. The maximum Gasteiger partial charge on any atom is 0.327 e. The van der Waals surface area contributed by atoms with Crippen molar-refractivity contribution in [1.29, 1.82) is 0 Å². The summed E-state index contributed by atoms with van der Waals surface area (Å²) in [6.07, 6.45) is 0.933. The van der Waals surface area contributed by atoms with Gasteiger partial charge in [0.05, 0.1) is 11.9 Å².